The fourth-order valence-electron chi connectivity index (χ4n) is 7.02. The third-order valence-electron chi connectivity index (χ3n) is 10.3. The van der Waals surface area contributed by atoms with Gasteiger partial charge in [0, 0.05) is 68.3 Å². The number of rotatable bonds is 23. The van der Waals surface area contributed by atoms with Crippen LogP contribution in [0.3, 0.4) is 0 Å². The number of nitrogens with zero attached hydrogens (tertiary/aromatic N) is 5. The molecule has 59 heavy (non-hydrogen) atoms. The minimum absolute atomic E-state index is 0.0558. The molecule has 2 fully saturated rings. The molecular formula is C41H47N9O9. The number of nitrogens with two attached hydrogens (primary N) is 1. The van der Waals surface area contributed by atoms with Gasteiger partial charge < -0.3 is 30.3 Å². The number of hydrogen-bond donors (Lipinski definition) is 4. The van der Waals surface area contributed by atoms with Gasteiger partial charge in [-0.2, -0.15) is 5.10 Å². The number of ketones is 1. The zero-order valence-corrected chi connectivity index (χ0v) is 32.6. The Hall–Kier alpha value is -6.27. The summed E-state index contributed by atoms with van der Waals surface area (Å²) in [5.74, 6) is -1.52. The van der Waals surface area contributed by atoms with Crippen molar-refractivity contribution in [1.29, 1.82) is 0 Å². The summed E-state index contributed by atoms with van der Waals surface area (Å²) >= 11 is 0. The number of nitrogens with one attached hydrogen (secondary N) is 3. The summed E-state index contributed by atoms with van der Waals surface area (Å²) in [5.41, 5.74) is 7.81. The molecule has 1 aromatic carbocycles. The quantitative estimate of drug-likeness (QED) is 0.0477. The molecule has 1 saturated heterocycles. The number of ether oxygens (including phenoxy) is 2. The summed E-state index contributed by atoms with van der Waals surface area (Å²) in [6.07, 6.45) is 10.7. The van der Waals surface area contributed by atoms with Gasteiger partial charge in [-0.25, -0.2) is 9.97 Å². The highest BCUT2D eigenvalue weighted by Gasteiger charge is 2.45. The first kappa shape index (κ1) is 40.9. The second-order valence-electron chi connectivity index (χ2n) is 14.8. The predicted octanol–water partition coefficient (Wildman–Crippen LogP) is 3.39. The van der Waals surface area contributed by atoms with Crippen molar-refractivity contribution >= 4 is 46.8 Å². The van der Waals surface area contributed by atoms with Gasteiger partial charge in [0.05, 0.1) is 30.9 Å². The molecule has 0 radical (unpaired) electrons. The molecule has 7 rings (SSSR count). The molecule has 5 N–H and O–H groups in total. The maximum Gasteiger partial charge on any atom is 0.269 e. The van der Waals surface area contributed by atoms with Gasteiger partial charge in [0.15, 0.2) is 11.5 Å². The Kier molecular flexibility index (Phi) is 13.2. The minimum atomic E-state index is -1.02. The van der Waals surface area contributed by atoms with E-state index in [1.54, 1.807) is 41.3 Å². The highest BCUT2D eigenvalue weighted by molar-refractivity contribution is 6.25. The molecule has 18 heteroatoms. The van der Waals surface area contributed by atoms with Crippen LogP contribution in [-0.2, 0) is 32.0 Å². The van der Waals surface area contributed by atoms with Crippen LogP contribution in [0, 0.1) is 5.92 Å². The van der Waals surface area contributed by atoms with Crippen LogP contribution in [0.4, 0.5) is 11.5 Å². The van der Waals surface area contributed by atoms with E-state index in [9.17, 15) is 28.8 Å². The molecule has 1 unspecified atom stereocenters. The maximum absolute atomic E-state index is 13.2. The Balaban J connectivity index is 0.757. The lowest BCUT2D eigenvalue weighted by atomic mass is 10.0. The van der Waals surface area contributed by atoms with E-state index in [0.717, 1.165) is 42.9 Å². The summed E-state index contributed by atoms with van der Waals surface area (Å²) in [5, 5.41) is 13.0. The van der Waals surface area contributed by atoms with Gasteiger partial charge in [0.2, 0.25) is 17.7 Å². The molecule has 0 spiro atoms. The highest BCUT2D eigenvalue weighted by atomic mass is 16.5. The number of Topliss-reactive ketones (excluding diaryl/α,β-unsaturated/α-hetero) is 1. The van der Waals surface area contributed by atoms with Crippen LogP contribution in [-0.4, -0.2) is 106 Å². The molecule has 2 aliphatic heterocycles. The predicted molar refractivity (Wildman–Crippen MR) is 211 cm³/mol. The molecule has 18 nitrogen and oxygen atoms in total. The molecule has 1 saturated carbocycles. The number of carbonyl (C=O) groups excluding carboxylic acids is 6. The normalized spacial score (nSPS) is 16.3. The molecule has 0 bridgehead atoms. The Morgan fingerprint density at radius 3 is 2.56 bits per heavy atom. The molecule has 3 aliphatic rings. The van der Waals surface area contributed by atoms with Crippen LogP contribution in [0.1, 0.15) is 98.6 Å². The Labute approximate surface area is 339 Å². The number of primary amides is 1. The number of pyridine rings is 1. The monoisotopic (exact) mass is 809 g/mol. The lowest BCUT2D eigenvalue weighted by Crippen LogP contribution is -2.54. The standard InChI is InChI=1S/C41H47N9O9/c42-37(53)36-27(20-32(51)30-24-59-39(46-30)26-12-13-44-33(21-26)45-22-25-8-9-25)23-49(48-36)15-3-1-2-4-16-57-18-19-58-17-14-43-29-7-5-6-28-35(29)41(56)50(40(28)55)31-10-11-34(52)47-38(31)54/h5-7,12-13,21,23-25,31,43H,1-4,8-11,14-20,22H2,(H2,42,53)(H,44,45)(H,47,52,54). The molecule has 3 aromatic heterocycles. The number of amides is 5. The molecule has 5 amide bonds. The van der Waals surface area contributed by atoms with Crippen molar-refractivity contribution in [3.05, 3.63) is 77.1 Å². The molecule has 1 aliphatic carbocycles. The van der Waals surface area contributed by atoms with E-state index in [0.29, 0.717) is 68.1 Å². The van der Waals surface area contributed by atoms with E-state index >= 15 is 0 Å². The number of unbranched alkanes of at least 4 members (excludes halogenated alkanes) is 3. The van der Waals surface area contributed by atoms with Crippen molar-refractivity contribution in [2.24, 2.45) is 11.7 Å². The van der Waals surface area contributed by atoms with Gasteiger partial charge >= 0.3 is 0 Å². The summed E-state index contributed by atoms with van der Waals surface area (Å²) < 4.78 is 18.6. The first-order chi connectivity index (χ1) is 28.7. The Morgan fingerprint density at radius 1 is 0.949 bits per heavy atom. The second kappa shape index (κ2) is 19.0. The topological polar surface area (TPSA) is 243 Å². The summed E-state index contributed by atoms with van der Waals surface area (Å²) in [4.78, 5) is 85.1. The first-order valence-electron chi connectivity index (χ1n) is 20.0. The SMILES string of the molecule is NC(=O)c1nn(CCCCCCOCCOCCNc2cccc3c2C(=O)N(C2CCC(=O)NC2=O)C3=O)cc1CC(=O)c1coc(-c2ccnc(NCC3CC3)c2)n1. The first-order valence-corrected chi connectivity index (χ1v) is 20.0. The number of oxazole rings is 1. The van der Waals surface area contributed by atoms with Gasteiger partial charge in [-0.05, 0) is 62.3 Å². The third-order valence-corrected chi connectivity index (χ3v) is 10.3. The van der Waals surface area contributed by atoms with Crippen molar-refractivity contribution in [2.45, 2.75) is 70.4 Å². The zero-order valence-electron chi connectivity index (χ0n) is 32.6. The number of hydrogen-bond acceptors (Lipinski definition) is 14. The molecular weight excluding hydrogens is 763 g/mol. The minimum Gasteiger partial charge on any atom is -0.444 e. The Bertz CT molecular complexity index is 2210. The van der Waals surface area contributed by atoms with Gasteiger partial charge in [0.1, 0.15) is 23.8 Å². The van der Waals surface area contributed by atoms with Gasteiger partial charge in [-0.15, -0.1) is 0 Å². The van der Waals surface area contributed by atoms with Crippen LogP contribution in [0.15, 0.2) is 53.4 Å². The summed E-state index contributed by atoms with van der Waals surface area (Å²) in [6, 6.07) is 7.48. The Morgan fingerprint density at radius 2 is 1.76 bits per heavy atom. The number of aryl methyl sites for hydroxylation is 1. The molecule has 310 valence electrons. The summed E-state index contributed by atoms with van der Waals surface area (Å²) in [6.45, 7) is 3.49. The van der Waals surface area contributed by atoms with Crippen LogP contribution >= 0.6 is 0 Å². The highest BCUT2D eigenvalue weighted by Crippen LogP contribution is 2.32. The van der Waals surface area contributed by atoms with E-state index in [1.165, 1.54) is 19.1 Å². The van der Waals surface area contributed by atoms with E-state index in [4.69, 9.17) is 19.6 Å². The van der Waals surface area contributed by atoms with E-state index in [1.807, 2.05) is 6.07 Å². The fraction of sp³-hybridized carbons (Fsp3) is 0.439. The smallest absolute Gasteiger partial charge is 0.269 e. The van der Waals surface area contributed by atoms with Crippen molar-refractivity contribution in [1.82, 2.24) is 30.0 Å². The number of carbonyl (C=O) groups is 6. The molecule has 1 atom stereocenters. The lowest BCUT2D eigenvalue weighted by Gasteiger charge is -2.27. The number of benzene rings is 1. The van der Waals surface area contributed by atoms with E-state index < -0.39 is 35.6 Å². The van der Waals surface area contributed by atoms with Crippen molar-refractivity contribution in [2.75, 3.05) is 50.2 Å². The van der Waals surface area contributed by atoms with Gasteiger partial charge in [0.25, 0.3) is 17.7 Å². The van der Waals surface area contributed by atoms with Crippen LogP contribution in [0.2, 0.25) is 0 Å². The zero-order chi connectivity index (χ0) is 41.3. The third kappa shape index (κ3) is 10.2. The number of aromatic nitrogens is 4. The fourth-order valence-corrected chi connectivity index (χ4v) is 7.02. The largest absolute Gasteiger partial charge is 0.444 e. The lowest BCUT2D eigenvalue weighted by molar-refractivity contribution is -0.136. The van der Waals surface area contributed by atoms with Crippen molar-refractivity contribution in [3.8, 4) is 11.5 Å². The van der Waals surface area contributed by atoms with E-state index in [2.05, 4.69) is 31.0 Å². The number of fused-ring (bicyclic) bond motifs is 1. The van der Waals surface area contributed by atoms with Gasteiger partial charge in [-0.1, -0.05) is 18.9 Å². The average Bonchev–Trinajstić information content (AvgIpc) is 3.64. The van der Waals surface area contributed by atoms with Crippen LogP contribution < -0.4 is 21.7 Å². The maximum atomic E-state index is 13.2. The number of imide groups is 2. The number of piperidine rings is 1. The van der Waals surface area contributed by atoms with Crippen molar-refractivity contribution in [3.63, 3.8) is 0 Å². The molecule has 4 aromatic rings. The average molecular weight is 810 g/mol. The number of anilines is 2. The summed E-state index contributed by atoms with van der Waals surface area (Å²) in [7, 11) is 0. The van der Waals surface area contributed by atoms with Crippen LogP contribution in [0.5, 0.6) is 0 Å². The van der Waals surface area contributed by atoms with Crippen LogP contribution in [0.25, 0.3) is 11.5 Å². The van der Waals surface area contributed by atoms with E-state index in [-0.39, 0.29) is 47.6 Å². The molecule has 5 heterocycles. The van der Waals surface area contributed by atoms with Gasteiger partial charge in [-0.3, -0.25) is 43.7 Å². The second-order valence-corrected chi connectivity index (χ2v) is 14.8. The van der Waals surface area contributed by atoms with Crippen molar-refractivity contribution < 1.29 is 42.7 Å².